The molecule has 0 spiro atoms. The van der Waals surface area contributed by atoms with E-state index in [0.29, 0.717) is 128 Å². The van der Waals surface area contributed by atoms with Crippen LogP contribution in [0.15, 0.2) is 53.6 Å². The maximum atomic E-state index is 10.5. The van der Waals surface area contributed by atoms with Crippen molar-refractivity contribution in [2.45, 2.75) is 203 Å². The fraction of sp³-hybridized carbons (Fsp3) is 0.654. The van der Waals surface area contributed by atoms with Crippen LogP contribution in [0.2, 0.25) is 0 Å². The number of hydrogen-bond donors (Lipinski definition) is 3. The topological polar surface area (TPSA) is 211 Å². The molecule has 16 rings (SSSR count). The fourth-order valence-electron chi connectivity index (χ4n) is 18.8. The van der Waals surface area contributed by atoms with Gasteiger partial charge in [0.25, 0.3) is 0 Å². The Hall–Kier alpha value is -6.62. The van der Waals surface area contributed by atoms with Gasteiger partial charge in [0.1, 0.15) is 56.0 Å². The fourth-order valence-corrected chi connectivity index (χ4v) is 18.8. The molecule has 0 radical (unpaired) electrons. The van der Waals surface area contributed by atoms with Crippen molar-refractivity contribution in [2.75, 3.05) is 145 Å². The lowest BCUT2D eigenvalue weighted by atomic mass is 9.93. The third-order valence-electron chi connectivity index (χ3n) is 22.6. The highest BCUT2D eigenvalue weighted by molar-refractivity contribution is 5.75. The number of nitrogens with two attached hydrogens (primary N) is 1. The van der Waals surface area contributed by atoms with Crippen molar-refractivity contribution in [3.05, 3.63) is 103 Å². The van der Waals surface area contributed by atoms with Crippen LogP contribution in [0, 0.1) is 12.3 Å². The van der Waals surface area contributed by atoms with Crippen molar-refractivity contribution >= 4 is 28.7 Å². The quantitative estimate of drug-likeness (QED) is 0.0185. The van der Waals surface area contributed by atoms with E-state index in [1.807, 2.05) is 0 Å². The van der Waals surface area contributed by atoms with E-state index in [0.717, 1.165) is 48.7 Å². The Balaban J connectivity index is 0.000000123. The number of carboxylic acids is 1. The molecule has 4 fully saturated rings. The van der Waals surface area contributed by atoms with E-state index in [1.165, 1.54) is 216 Å². The number of carbonyl (C=O) groups is 1. The number of anilines is 4. The number of aliphatic carboxylic acids is 1. The zero-order valence-corrected chi connectivity index (χ0v) is 56.8. The predicted octanol–water partition coefficient (Wildman–Crippen LogP) is 13.3. The summed E-state index contributed by atoms with van der Waals surface area (Å²) in [5.74, 6) is 8.47. The minimum atomic E-state index is -0.827. The smallest absolute Gasteiger partial charge is 0.305 e. The largest absolute Gasteiger partial charge is 0.491 e. The summed E-state index contributed by atoms with van der Waals surface area (Å²) < 4.78 is 46.0. The highest BCUT2D eigenvalue weighted by Crippen LogP contribution is 2.59. The Labute approximate surface area is 576 Å². The van der Waals surface area contributed by atoms with Gasteiger partial charge in [-0.2, -0.15) is 0 Å². The summed E-state index contributed by atoms with van der Waals surface area (Å²) in [4.78, 5) is 23.9. The first-order valence-corrected chi connectivity index (χ1v) is 37.0. The number of terminal acetylenes is 1. The molecular weight excluding hydrogens is 1220 g/mol. The molecule has 19 nitrogen and oxygen atoms in total. The van der Waals surface area contributed by atoms with Crippen molar-refractivity contribution in [2.24, 2.45) is 10.8 Å². The number of ether oxygens (including phenoxy) is 8. The predicted molar refractivity (Wildman–Crippen MR) is 383 cm³/mol. The van der Waals surface area contributed by atoms with E-state index in [2.05, 4.69) is 89.4 Å². The number of nitrogens with one attached hydrogen (secondary N) is 1. The summed E-state index contributed by atoms with van der Waals surface area (Å²) in [7, 11) is 0. The number of rotatable bonds is 25. The molecule has 12 aliphatic rings. The van der Waals surface area contributed by atoms with Gasteiger partial charge in [-0.25, -0.2) is 0 Å². The number of benzene rings is 4. The molecule has 8 atom stereocenters. The zero-order valence-electron chi connectivity index (χ0n) is 56.8. The molecule has 4 aromatic carbocycles. The van der Waals surface area contributed by atoms with Gasteiger partial charge in [-0.1, -0.05) is 68.4 Å². The number of hydrogen-bond acceptors (Lipinski definition) is 16. The first-order valence-electron chi connectivity index (χ1n) is 37.0. The summed E-state index contributed by atoms with van der Waals surface area (Å²) in [6.45, 7) is 13.6. The second kappa shape index (κ2) is 34.4. The van der Waals surface area contributed by atoms with Crippen molar-refractivity contribution in [1.82, 2.24) is 5.32 Å². The summed E-state index contributed by atoms with van der Waals surface area (Å²) in [5, 5.41) is 15.6. The number of fused-ring (bicyclic) bond motifs is 12. The molecule has 0 unspecified atom stereocenters. The molecule has 8 heterocycles. The maximum Gasteiger partial charge on any atom is 0.305 e. The van der Waals surface area contributed by atoms with Crippen molar-refractivity contribution in [3.63, 3.8) is 0 Å². The lowest BCUT2D eigenvalue weighted by molar-refractivity contribution is -0.138. The molecule has 0 aromatic heterocycles. The van der Waals surface area contributed by atoms with Gasteiger partial charge in [-0.3, -0.25) is 4.79 Å². The van der Waals surface area contributed by atoms with E-state index in [1.54, 1.807) is 5.56 Å². The molecule has 8 aliphatic heterocycles. The van der Waals surface area contributed by atoms with E-state index in [4.69, 9.17) is 60.7 Å². The Morgan fingerprint density at radius 2 is 0.887 bits per heavy atom. The van der Waals surface area contributed by atoms with Crippen LogP contribution in [-0.2, 0) is 49.5 Å². The number of aryl methyl sites for hydroxylation is 3. The van der Waals surface area contributed by atoms with Crippen molar-refractivity contribution < 1.29 is 47.8 Å². The van der Waals surface area contributed by atoms with Gasteiger partial charge in [0.05, 0.1) is 52.7 Å². The Bertz CT molecular complexity index is 3270. The Morgan fingerprint density at radius 3 is 1.29 bits per heavy atom. The third kappa shape index (κ3) is 15.6. The summed E-state index contributed by atoms with van der Waals surface area (Å²) in [5.41, 5.74) is 31.5. The number of nitrogens with zero attached hydrogens (tertiary/aromatic N) is 7. The Kier molecular flexibility index (Phi) is 24.9. The third-order valence-corrected chi connectivity index (χ3v) is 22.6. The minimum absolute atomic E-state index is 0. The second-order valence-corrected chi connectivity index (χ2v) is 28.1. The molecule has 526 valence electrons. The highest BCUT2D eigenvalue weighted by Gasteiger charge is 2.49. The lowest BCUT2D eigenvalue weighted by Gasteiger charge is -2.26. The summed E-state index contributed by atoms with van der Waals surface area (Å²) in [6.07, 6.45) is 32.4. The van der Waals surface area contributed by atoms with Gasteiger partial charge in [0.15, 0.2) is 0 Å². The second-order valence-electron chi connectivity index (χ2n) is 28.1. The monoisotopic (exact) mass is 1330 g/mol. The lowest BCUT2D eigenvalue weighted by Crippen LogP contribution is -2.35. The molecule has 4 aromatic rings. The highest BCUT2D eigenvalue weighted by atomic mass is 16.5. The number of carboxylic acid groups (broad SMARTS) is 1. The molecule has 0 bridgehead atoms. The average Bonchev–Trinajstić information content (AvgIpc) is 1.62. The van der Waals surface area contributed by atoms with E-state index >= 15 is 0 Å². The molecule has 0 saturated heterocycles. The van der Waals surface area contributed by atoms with E-state index in [-0.39, 0.29) is 20.5 Å². The summed E-state index contributed by atoms with van der Waals surface area (Å²) >= 11 is 0. The van der Waals surface area contributed by atoms with Crippen molar-refractivity contribution in [1.29, 1.82) is 0 Å². The van der Waals surface area contributed by atoms with Crippen LogP contribution in [0.3, 0.4) is 0 Å². The van der Waals surface area contributed by atoms with Gasteiger partial charge in [-0.15, -0.1) is 6.42 Å². The normalized spacial score (nSPS) is 24.1. The molecule has 19 heteroatoms. The Morgan fingerprint density at radius 1 is 0.505 bits per heavy atom. The minimum Gasteiger partial charge on any atom is -0.491 e. The van der Waals surface area contributed by atoms with Crippen LogP contribution < -0.4 is 49.6 Å². The van der Waals surface area contributed by atoms with Crippen molar-refractivity contribution in [3.8, 4) is 35.3 Å². The van der Waals surface area contributed by atoms with E-state index in [9.17, 15) is 4.79 Å². The molecule has 4 aliphatic carbocycles. The molecule has 97 heavy (non-hydrogen) atoms. The van der Waals surface area contributed by atoms with Crippen LogP contribution in [0.5, 0.6) is 23.0 Å². The zero-order chi connectivity index (χ0) is 65.6. The van der Waals surface area contributed by atoms with E-state index < -0.39 is 5.97 Å². The van der Waals surface area contributed by atoms with Gasteiger partial charge in [0, 0.05) is 150 Å². The average molecular weight is 1330 g/mol. The molecular formula is C78H109N9O10. The van der Waals surface area contributed by atoms with Gasteiger partial charge in [0.2, 0.25) is 0 Å². The van der Waals surface area contributed by atoms with Crippen LogP contribution in [0.4, 0.5) is 22.7 Å². The van der Waals surface area contributed by atoms with Crippen LogP contribution in [-0.4, -0.2) is 160 Å². The first-order chi connectivity index (χ1) is 47.4. The maximum absolute atomic E-state index is 10.5. The van der Waals surface area contributed by atoms with Gasteiger partial charge < -0.3 is 73.7 Å². The summed E-state index contributed by atoms with van der Waals surface area (Å²) in [6, 6.07) is 20.5. The van der Waals surface area contributed by atoms with Crippen LogP contribution in [0.25, 0.3) is 10.4 Å². The molecule has 0 amide bonds. The van der Waals surface area contributed by atoms with Gasteiger partial charge >= 0.3 is 5.97 Å². The molecule has 4 N–H and O–H groups in total. The molecule has 4 saturated carbocycles. The van der Waals surface area contributed by atoms with Gasteiger partial charge in [-0.05, 0) is 161 Å². The SMILES string of the molecule is C.C#CCOCCOc1ccc2c3c1[C@H]1CCC[C@H]1N3CCNC2.NCCOCCOc1ccc2c3c1[C@H]1CCC[C@H]1N3CCCC2.O=C(O)CCOCCOc1ccc2c3c1[C@H]1CCC[C@H]1N3CCCC2.[N-]=[N+]=NCCOCCOc1ccc2c3c1[C@H]1CCC[C@H]1N3CCCC2. The first kappa shape index (κ1) is 70.3. The van der Waals surface area contributed by atoms with Crippen LogP contribution >= 0.6 is 0 Å². The number of azide groups is 1. The standard InChI is InChI=1S/C20H27NO4.C19H26N4O2.C19H24N2O2.C19H28N2O2.CH4/c22-18(23)9-11-24-12-13-25-17-8-7-14-4-1-2-10-21-16-6-3-5-15(16)19(17)20(14)21;20-22-21-9-11-24-12-13-25-17-8-7-14-4-1-2-10-23-16-6-3-5-15(16)18(17)19(14)23;1-2-10-22-11-12-23-17-7-6-14-13-20-8-9-21-16-5-3-4-15(16)18(17)19(14)21;20-9-11-22-12-13-23-17-8-7-14-4-1-2-10-21-16-6-3-5-15(16)18(17)19(14)21;/h7-8,15-16H,1-6,9-13H2,(H,22,23);7-8,15-16H,1-6,9-13H2;1,6-7,15-16,20H,3-5,8-13H2;7-8,15-16H,1-6,9-13,20H2;1H4/t4*15-,16+;/m0000./s1. The van der Waals surface area contributed by atoms with Crippen LogP contribution in [0.1, 0.15) is 198 Å².